The maximum atomic E-state index is 14.9. The average molecular weight is 503 g/mol. The van der Waals surface area contributed by atoms with Gasteiger partial charge in [-0.3, -0.25) is 14.6 Å². The van der Waals surface area contributed by atoms with Crippen molar-refractivity contribution in [1.82, 2.24) is 35.1 Å². The van der Waals surface area contributed by atoms with E-state index in [1.54, 1.807) is 54.4 Å². The van der Waals surface area contributed by atoms with Crippen LogP contribution in [-0.4, -0.2) is 65.1 Å². The zero-order chi connectivity index (χ0) is 25.9. The van der Waals surface area contributed by atoms with Gasteiger partial charge in [0.15, 0.2) is 0 Å². The number of rotatable bonds is 6. The number of anilines is 1. The quantitative estimate of drug-likeness (QED) is 0.409. The zero-order valence-electron chi connectivity index (χ0n) is 19.9. The van der Waals surface area contributed by atoms with Crippen LogP contribution >= 0.6 is 0 Å². The number of aliphatic hydroxyl groups excluding tert-OH is 1. The normalized spacial score (nSPS) is 13.6. The summed E-state index contributed by atoms with van der Waals surface area (Å²) < 4.78 is 16.3. The minimum atomic E-state index is -0.679. The number of carbonyl (C=O) groups is 2. The molecule has 2 amide bonds. The number of aromatic nitrogens is 6. The van der Waals surface area contributed by atoms with Crippen LogP contribution in [0.25, 0.3) is 11.5 Å². The molecule has 0 radical (unpaired) electrons. The fourth-order valence-corrected chi connectivity index (χ4v) is 4.13. The van der Waals surface area contributed by atoms with E-state index < -0.39 is 11.7 Å². The summed E-state index contributed by atoms with van der Waals surface area (Å²) in [6.07, 6.45) is 2.02. The lowest BCUT2D eigenvalue weighted by Crippen LogP contribution is -2.36. The third-order valence-corrected chi connectivity index (χ3v) is 6.11. The van der Waals surface area contributed by atoms with Crippen molar-refractivity contribution in [3.8, 4) is 11.5 Å². The lowest BCUT2D eigenvalue weighted by Gasteiger charge is -2.29. The Labute approximate surface area is 211 Å². The molecule has 0 aliphatic carbocycles. The van der Waals surface area contributed by atoms with E-state index in [1.165, 1.54) is 16.8 Å². The molecule has 0 spiro atoms. The van der Waals surface area contributed by atoms with Crippen molar-refractivity contribution in [1.29, 1.82) is 0 Å². The molecule has 5 rings (SSSR count). The SMILES string of the molecule is C[C@H](CO)n1nnnc1-c1cccc(NC(=O)c2cc3c(cc2F)CCN(C(=O)c2ccccn2)C3)n1. The van der Waals surface area contributed by atoms with Gasteiger partial charge in [-0.25, -0.2) is 14.1 Å². The summed E-state index contributed by atoms with van der Waals surface area (Å²) in [5.74, 6) is -1.06. The number of amides is 2. The Morgan fingerprint density at radius 3 is 2.81 bits per heavy atom. The second kappa shape index (κ2) is 10.2. The lowest BCUT2D eigenvalue weighted by molar-refractivity contribution is 0.0728. The summed E-state index contributed by atoms with van der Waals surface area (Å²) in [6.45, 7) is 2.25. The van der Waals surface area contributed by atoms with E-state index in [0.29, 0.717) is 35.7 Å². The lowest BCUT2D eigenvalue weighted by atomic mass is 9.96. The minimum absolute atomic E-state index is 0.156. The van der Waals surface area contributed by atoms with Crippen molar-refractivity contribution in [2.75, 3.05) is 18.5 Å². The first-order valence-electron chi connectivity index (χ1n) is 11.6. The Hall–Kier alpha value is -4.58. The third-order valence-electron chi connectivity index (χ3n) is 6.11. The van der Waals surface area contributed by atoms with E-state index in [-0.39, 0.29) is 36.5 Å². The molecule has 1 aromatic carbocycles. The van der Waals surface area contributed by atoms with E-state index in [4.69, 9.17) is 0 Å². The van der Waals surface area contributed by atoms with Gasteiger partial charge in [0, 0.05) is 19.3 Å². The molecule has 12 heteroatoms. The van der Waals surface area contributed by atoms with Gasteiger partial charge in [0.1, 0.15) is 23.0 Å². The zero-order valence-corrected chi connectivity index (χ0v) is 19.9. The number of nitrogens with zero attached hydrogens (tertiary/aromatic N) is 7. The predicted octanol–water partition coefficient (Wildman–Crippen LogP) is 2.27. The van der Waals surface area contributed by atoms with Crippen molar-refractivity contribution in [3.05, 3.63) is 82.9 Å². The standard InChI is InChI=1S/C25H23FN8O3/c1-15(14-35)34-23(30-31-32-34)20-6-4-7-22(28-20)29-24(36)18-11-17-13-33(10-8-16(17)12-19(18)26)25(37)21-5-2-3-9-27-21/h2-7,9,11-12,15,35H,8,10,13-14H2,1H3,(H,28,29,36)/t15-/m1/s1. The maximum absolute atomic E-state index is 14.9. The van der Waals surface area contributed by atoms with Gasteiger partial charge >= 0.3 is 0 Å². The van der Waals surface area contributed by atoms with Gasteiger partial charge in [0.25, 0.3) is 11.8 Å². The van der Waals surface area contributed by atoms with E-state index in [2.05, 4.69) is 30.8 Å². The van der Waals surface area contributed by atoms with Gasteiger partial charge in [-0.1, -0.05) is 12.1 Å². The first kappa shape index (κ1) is 24.1. The molecule has 1 aliphatic heterocycles. The molecule has 1 aliphatic rings. The third kappa shape index (κ3) is 4.91. The number of pyridine rings is 2. The van der Waals surface area contributed by atoms with Crippen LogP contribution in [0, 0.1) is 5.82 Å². The van der Waals surface area contributed by atoms with Crippen LogP contribution in [0.3, 0.4) is 0 Å². The van der Waals surface area contributed by atoms with Gasteiger partial charge in [0.2, 0.25) is 5.82 Å². The first-order chi connectivity index (χ1) is 17.9. The Morgan fingerprint density at radius 2 is 2.03 bits per heavy atom. The highest BCUT2D eigenvalue weighted by Crippen LogP contribution is 2.25. The number of nitrogens with one attached hydrogen (secondary N) is 1. The topological polar surface area (TPSA) is 139 Å². The van der Waals surface area contributed by atoms with Gasteiger partial charge < -0.3 is 15.3 Å². The molecular formula is C25H23FN8O3. The predicted molar refractivity (Wildman–Crippen MR) is 130 cm³/mol. The number of halogens is 1. The molecule has 1 atom stereocenters. The first-order valence-corrected chi connectivity index (χ1v) is 11.6. The molecule has 37 heavy (non-hydrogen) atoms. The van der Waals surface area contributed by atoms with E-state index >= 15 is 0 Å². The van der Waals surface area contributed by atoms with E-state index in [9.17, 15) is 19.1 Å². The molecule has 4 aromatic rings. The highest BCUT2D eigenvalue weighted by atomic mass is 19.1. The number of tetrazole rings is 1. The van der Waals surface area contributed by atoms with E-state index in [0.717, 1.165) is 5.56 Å². The summed E-state index contributed by atoms with van der Waals surface area (Å²) in [5.41, 5.74) is 2.00. The smallest absolute Gasteiger partial charge is 0.272 e. The van der Waals surface area contributed by atoms with Crippen LogP contribution in [-0.2, 0) is 13.0 Å². The minimum Gasteiger partial charge on any atom is -0.394 e. The largest absolute Gasteiger partial charge is 0.394 e. The fourth-order valence-electron chi connectivity index (χ4n) is 4.13. The number of benzene rings is 1. The monoisotopic (exact) mass is 502 g/mol. The fraction of sp³-hybridized carbons (Fsp3) is 0.240. The number of hydrogen-bond acceptors (Lipinski definition) is 8. The summed E-state index contributed by atoms with van der Waals surface area (Å²) >= 11 is 0. The summed E-state index contributed by atoms with van der Waals surface area (Å²) in [6, 6.07) is 12.5. The van der Waals surface area contributed by atoms with Crippen LogP contribution in [0.1, 0.15) is 44.9 Å². The van der Waals surface area contributed by atoms with E-state index in [1.807, 2.05) is 0 Å². The van der Waals surface area contributed by atoms with Gasteiger partial charge in [-0.15, -0.1) is 5.10 Å². The average Bonchev–Trinajstić information content (AvgIpc) is 3.42. The Balaban J connectivity index is 1.36. The molecule has 2 N–H and O–H groups in total. The highest BCUT2D eigenvalue weighted by molar-refractivity contribution is 6.04. The molecule has 0 saturated heterocycles. The number of fused-ring (bicyclic) bond motifs is 1. The van der Waals surface area contributed by atoms with Crippen molar-refractivity contribution in [2.24, 2.45) is 0 Å². The van der Waals surface area contributed by atoms with Crippen molar-refractivity contribution < 1.29 is 19.1 Å². The molecule has 0 unspecified atom stereocenters. The Kier molecular flexibility index (Phi) is 6.64. The van der Waals surface area contributed by atoms with Crippen LogP contribution < -0.4 is 5.32 Å². The summed E-state index contributed by atoms with van der Waals surface area (Å²) in [5, 5.41) is 23.5. The molecule has 11 nitrogen and oxygen atoms in total. The second-order valence-corrected chi connectivity index (χ2v) is 8.63. The molecule has 0 fully saturated rings. The molecule has 4 heterocycles. The van der Waals surface area contributed by atoms with Gasteiger partial charge in [-0.2, -0.15) is 0 Å². The van der Waals surface area contributed by atoms with Crippen molar-refractivity contribution in [2.45, 2.75) is 25.9 Å². The van der Waals surface area contributed by atoms with Gasteiger partial charge in [0.05, 0.1) is 18.2 Å². The van der Waals surface area contributed by atoms with Crippen LogP contribution in [0.2, 0.25) is 0 Å². The Bertz CT molecular complexity index is 1460. The molecule has 188 valence electrons. The van der Waals surface area contributed by atoms with Crippen LogP contribution in [0.15, 0.2) is 54.7 Å². The van der Waals surface area contributed by atoms with Gasteiger partial charge in [-0.05, 0) is 71.3 Å². The number of carbonyl (C=O) groups excluding carboxylic acids is 2. The maximum Gasteiger partial charge on any atom is 0.272 e. The second-order valence-electron chi connectivity index (χ2n) is 8.63. The molecule has 0 saturated carbocycles. The molecule has 0 bridgehead atoms. The van der Waals surface area contributed by atoms with Crippen molar-refractivity contribution in [3.63, 3.8) is 0 Å². The molecular weight excluding hydrogens is 479 g/mol. The Morgan fingerprint density at radius 1 is 1.16 bits per heavy atom. The summed E-state index contributed by atoms with van der Waals surface area (Å²) in [7, 11) is 0. The van der Waals surface area contributed by atoms with Crippen LogP contribution in [0.5, 0.6) is 0 Å². The number of aliphatic hydroxyl groups is 1. The number of hydrogen-bond donors (Lipinski definition) is 2. The highest BCUT2D eigenvalue weighted by Gasteiger charge is 2.25. The molecule has 3 aromatic heterocycles. The summed E-state index contributed by atoms with van der Waals surface area (Å²) in [4.78, 5) is 36.0. The van der Waals surface area contributed by atoms with Crippen LogP contribution in [0.4, 0.5) is 10.2 Å². The van der Waals surface area contributed by atoms with Crippen molar-refractivity contribution >= 4 is 17.6 Å².